The predicted molar refractivity (Wildman–Crippen MR) is 82.3 cm³/mol. The highest BCUT2D eigenvalue weighted by Gasteiger charge is 2.04. The molecule has 2 aromatic carbocycles. The zero-order chi connectivity index (χ0) is 14.5. The van der Waals surface area contributed by atoms with Crippen LogP contribution in [0.1, 0.15) is 5.56 Å². The Morgan fingerprint density at radius 2 is 2.05 bits per heavy atom. The van der Waals surface area contributed by atoms with Crippen molar-refractivity contribution in [1.82, 2.24) is 0 Å². The first kappa shape index (κ1) is 14.6. The maximum atomic E-state index is 10.5. The number of carbonyl (C=O) groups is 1. The van der Waals surface area contributed by atoms with Crippen LogP contribution in [0.5, 0.6) is 11.5 Å². The molecule has 0 aromatic heterocycles. The van der Waals surface area contributed by atoms with Gasteiger partial charge in [0.05, 0.1) is 5.02 Å². The molecule has 0 aliphatic carbocycles. The molecule has 0 unspecified atom stereocenters. The van der Waals surface area contributed by atoms with Crippen molar-refractivity contribution in [2.75, 3.05) is 0 Å². The molecule has 0 spiro atoms. The summed E-state index contributed by atoms with van der Waals surface area (Å²) in [7, 11) is 0. The molecule has 0 atom stereocenters. The lowest BCUT2D eigenvalue weighted by atomic mass is 10.2. The largest absolute Gasteiger partial charge is 0.478 e. The maximum Gasteiger partial charge on any atom is 0.328 e. The Morgan fingerprint density at radius 1 is 1.25 bits per heavy atom. The minimum absolute atomic E-state index is 0.492. The molecule has 3 nitrogen and oxygen atoms in total. The van der Waals surface area contributed by atoms with Crippen molar-refractivity contribution in [2.45, 2.75) is 0 Å². The second kappa shape index (κ2) is 6.59. The van der Waals surface area contributed by atoms with Crippen molar-refractivity contribution in [3.8, 4) is 11.5 Å². The van der Waals surface area contributed by atoms with Crippen LogP contribution in [0.25, 0.3) is 6.08 Å². The van der Waals surface area contributed by atoms with E-state index >= 15 is 0 Å². The van der Waals surface area contributed by atoms with E-state index in [1.165, 1.54) is 6.08 Å². The van der Waals surface area contributed by atoms with Gasteiger partial charge in [-0.25, -0.2) is 4.79 Å². The molecule has 5 heteroatoms. The van der Waals surface area contributed by atoms with Crippen LogP contribution in [0.4, 0.5) is 0 Å². The standard InChI is InChI=1S/C15H10BrClO3/c16-11-5-6-14(13(17)9-11)20-12-3-1-2-10(8-12)4-7-15(18)19/h1-9H,(H,18,19). The van der Waals surface area contributed by atoms with Crippen LogP contribution in [0.15, 0.2) is 53.0 Å². The van der Waals surface area contributed by atoms with Gasteiger partial charge < -0.3 is 9.84 Å². The SMILES string of the molecule is O=C(O)C=Cc1cccc(Oc2ccc(Br)cc2Cl)c1. The van der Waals surface area contributed by atoms with E-state index in [9.17, 15) is 4.79 Å². The molecule has 0 aliphatic heterocycles. The van der Waals surface area contributed by atoms with Gasteiger partial charge in [0.25, 0.3) is 0 Å². The Morgan fingerprint density at radius 3 is 2.75 bits per heavy atom. The number of hydrogen-bond acceptors (Lipinski definition) is 2. The molecular formula is C15H10BrClO3. The second-order valence-corrected chi connectivity index (χ2v) is 5.24. The summed E-state index contributed by atoms with van der Waals surface area (Å²) < 4.78 is 6.55. The lowest BCUT2D eigenvalue weighted by Gasteiger charge is -2.08. The first-order valence-corrected chi connectivity index (χ1v) is 6.85. The molecule has 2 rings (SSSR count). The Bertz CT molecular complexity index is 668. The van der Waals surface area contributed by atoms with Gasteiger partial charge in [0, 0.05) is 10.5 Å². The number of hydrogen-bond donors (Lipinski definition) is 1. The third-order valence-electron chi connectivity index (χ3n) is 2.40. The molecule has 0 aliphatic rings. The fraction of sp³-hybridized carbons (Fsp3) is 0. The minimum atomic E-state index is -0.993. The third kappa shape index (κ3) is 4.11. The quantitative estimate of drug-likeness (QED) is 0.787. The second-order valence-electron chi connectivity index (χ2n) is 3.92. The van der Waals surface area contributed by atoms with E-state index < -0.39 is 5.97 Å². The van der Waals surface area contributed by atoms with Crippen molar-refractivity contribution in [2.24, 2.45) is 0 Å². The van der Waals surface area contributed by atoms with Gasteiger partial charge >= 0.3 is 5.97 Å². The number of aliphatic carboxylic acids is 1. The fourth-order valence-corrected chi connectivity index (χ4v) is 2.25. The predicted octanol–water partition coefficient (Wildman–Crippen LogP) is 4.99. The first-order chi connectivity index (χ1) is 9.54. The molecular weight excluding hydrogens is 344 g/mol. The zero-order valence-corrected chi connectivity index (χ0v) is 12.6. The number of halogens is 2. The molecule has 0 saturated carbocycles. The summed E-state index contributed by atoms with van der Waals surface area (Å²) in [5.41, 5.74) is 0.734. The van der Waals surface area contributed by atoms with E-state index in [2.05, 4.69) is 15.9 Å². The molecule has 0 bridgehead atoms. The molecule has 102 valence electrons. The zero-order valence-electron chi connectivity index (χ0n) is 10.2. The van der Waals surface area contributed by atoms with Crippen LogP contribution in [0, 0.1) is 0 Å². The summed E-state index contributed by atoms with van der Waals surface area (Å²) in [5, 5.41) is 9.09. The van der Waals surface area contributed by atoms with Crippen LogP contribution >= 0.6 is 27.5 Å². The van der Waals surface area contributed by atoms with Crippen molar-refractivity contribution in [1.29, 1.82) is 0 Å². The molecule has 0 radical (unpaired) electrons. The van der Waals surface area contributed by atoms with Crippen molar-refractivity contribution >= 4 is 39.6 Å². The van der Waals surface area contributed by atoms with E-state index in [1.807, 2.05) is 6.07 Å². The van der Waals surface area contributed by atoms with E-state index in [0.717, 1.165) is 16.1 Å². The highest BCUT2D eigenvalue weighted by molar-refractivity contribution is 9.10. The number of ether oxygens (including phenoxy) is 1. The minimum Gasteiger partial charge on any atom is -0.478 e. The monoisotopic (exact) mass is 352 g/mol. The summed E-state index contributed by atoms with van der Waals surface area (Å²) in [5.74, 6) is 0.128. The molecule has 1 N–H and O–H groups in total. The van der Waals surface area contributed by atoms with Crippen LogP contribution < -0.4 is 4.74 Å². The average Bonchev–Trinajstić information content (AvgIpc) is 2.40. The van der Waals surface area contributed by atoms with Gasteiger partial charge in [-0.3, -0.25) is 0 Å². The van der Waals surface area contributed by atoms with Crippen molar-refractivity contribution in [3.05, 3.63) is 63.6 Å². The first-order valence-electron chi connectivity index (χ1n) is 5.68. The molecule has 20 heavy (non-hydrogen) atoms. The Hall–Kier alpha value is -1.78. The van der Waals surface area contributed by atoms with Crippen molar-refractivity contribution in [3.63, 3.8) is 0 Å². The van der Waals surface area contributed by atoms with E-state index in [1.54, 1.807) is 36.4 Å². The van der Waals surface area contributed by atoms with E-state index in [0.29, 0.717) is 16.5 Å². The van der Waals surface area contributed by atoms with Gasteiger partial charge in [0.15, 0.2) is 0 Å². The van der Waals surface area contributed by atoms with Gasteiger partial charge in [-0.2, -0.15) is 0 Å². The van der Waals surface area contributed by atoms with Gasteiger partial charge in [-0.15, -0.1) is 0 Å². The summed E-state index contributed by atoms with van der Waals surface area (Å²) in [6.45, 7) is 0. The van der Waals surface area contributed by atoms with Gasteiger partial charge in [0.1, 0.15) is 11.5 Å². The number of carboxylic acids is 1. The highest BCUT2D eigenvalue weighted by atomic mass is 79.9. The summed E-state index contributed by atoms with van der Waals surface area (Å²) in [4.78, 5) is 10.5. The smallest absolute Gasteiger partial charge is 0.328 e. The third-order valence-corrected chi connectivity index (χ3v) is 3.19. The molecule has 2 aromatic rings. The van der Waals surface area contributed by atoms with Gasteiger partial charge in [-0.1, -0.05) is 39.7 Å². The lowest BCUT2D eigenvalue weighted by Crippen LogP contribution is -1.87. The summed E-state index contributed by atoms with van der Waals surface area (Å²) in [6.07, 6.45) is 2.57. The lowest BCUT2D eigenvalue weighted by molar-refractivity contribution is -0.131. The van der Waals surface area contributed by atoms with Gasteiger partial charge in [-0.05, 0) is 42.0 Å². The van der Waals surface area contributed by atoms with Crippen LogP contribution in [0.2, 0.25) is 5.02 Å². The van der Waals surface area contributed by atoms with Crippen LogP contribution in [-0.2, 0) is 4.79 Å². The van der Waals surface area contributed by atoms with Crippen LogP contribution in [0.3, 0.4) is 0 Å². The molecule has 0 saturated heterocycles. The molecule has 0 fully saturated rings. The van der Waals surface area contributed by atoms with Crippen LogP contribution in [-0.4, -0.2) is 11.1 Å². The maximum absolute atomic E-state index is 10.5. The summed E-state index contributed by atoms with van der Waals surface area (Å²) in [6, 6.07) is 12.4. The van der Waals surface area contributed by atoms with E-state index in [4.69, 9.17) is 21.4 Å². The van der Waals surface area contributed by atoms with E-state index in [-0.39, 0.29) is 0 Å². The number of carboxylic acid groups (broad SMARTS) is 1. The summed E-state index contributed by atoms with van der Waals surface area (Å²) >= 11 is 9.40. The number of benzene rings is 2. The molecule has 0 heterocycles. The van der Waals surface area contributed by atoms with Crippen molar-refractivity contribution < 1.29 is 14.6 Å². The topological polar surface area (TPSA) is 46.5 Å². The normalized spacial score (nSPS) is 10.7. The Balaban J connectivity index is 2.21. The Kier molecular flexibility index (Phi) is 4.82. The van der Waals surface area contributed by atoms with Gasteiger partial charge in [0.2, 0.25) is 0 Å². The Labute approximate surface area is 129 Å². The average molecular weight is 354 g/mol. The fourth-order valence-electron chi connectivity index (χ4n) is 1.53. The number of rotatable bonds is 4. The highest BCUT2D eigenvalue weighted by Crippen LogP contribution is 2.31. The molecule has 0 amide bonds.